The highest BCUT2D eigenvalue weighted by Crippen LogP contribution is 2.64. The summed E-state index contributed by atoms with van der Waals surface area (Å²) in [6.07, 6.45) is -10.2. The number of ether oxygens (including phenoxy) is 4. The van der Waals surface area contributed by atoms with Gasteiger partial charge in [-0.25, -0.2) is 9.59 Å². The van der Waals surface area contributed by atoms with Crippen molar-refractivity contribution in [2.75, 3.05) is 6.61 Å². The zero-order chi connectivity index (χ0) is 39.5. The molecule has 2 saturated carbocycles. The first-order valence-electron chi connectivity index (χ1n) is 18.1. The summed E-state index contributed by atoms with van der Waals surface area (Å²) < 4.78 is 24.0. The molecule has 0 radical (unpaired) electrons. The Morgan fingerprint density at radius 3 is 2.17 bits per heavy atom. The third kappa shape index (κ3) is 6.19. The molecular formula is C39H48BNO13. The third-order valence-corrected chi connectivity index (χ3v) is 12.3. The smallest absolute Gasteiger partial charge is 0.374 e. The fourth-order valence-corrected chi connectivity index (χ4v) is 9.41. The minimum atomic E-state index is -2.31. The highest BCUT2D eigenvalue weighted by molar-refractivity contribution is 6.45. The lowest BCUT2D eigenvalue weighted by molar-refractivity contribution is -0.346. The van der Waals surface area contributed by atoms with Crippen molar-refractivity contribution < 1.29 is 63.6 Å². The SMILES string of the molecule is CB(O)N[C@@H](c1ccccc1)[C@@H](O)C(=O)O[C@H]1C[C@@]2(O)[C@@H](OC(=O)c3ccccc3)[C@@H]3[C@]4(OC(C)=O)CO[C@@H]4C[C@H](O)[C@@]3(C)C(=O)[C@H](O)C(=C1C)C2(C)C. The van der Waals surface area contributed by atoms with Crippen LogP contribution in [0.15, 0.2) is 71.8 Å². The second-order valence-electron chi connectivity index (χ2n) is 15.8. The normalized spacial score (nSPS) is 35.1. The lowest BCUT2D eigenvalue weighted by atomic mass is 9.44. The van der Waals surface area contributed by atoms with Crippen LogP contribution in [-0.4, -0.2) is 111 Å². The molecule has 0 unspecified atom stereocenters. The number of hydrogen-bond donors (Lipinski definition) is 6. The zero-order valence-corrected chi connectivity index (χ0v) is 31.1. The van der Waals surface area contributed by atoms with Crippen LogP contribution in [0.4, 0.5) is 0 Å². The summed E-state index contributed by atoms with van der Waals surface area (Å²) in [7, 11) is -1.14. The van der Waals surface area contributed by atoms with Gasteiger partial charge in [0.1, 0.15) is 30.0 Å². The molecule has 1 aliphatic heterocycles. The van der Waals surface area contributed by atoms with E-state index >= 15 is 0 Å². The van der Waals surface area contributed by atoms with E-state index in [1.54, 1.807) is 62.4 Å². The molecule has 6 rings (SSSR count). The standard InChI is InChI=1S/C39H48BNO13/c1-20-24(52-35(48)30(45)28(41-40(6)50)22-13-9-7-10-14-22)18-39(49)33(53-34(47)23-15-11-8-12-16-23)31-37(5,32(46)29(44)27(20)36(39,3)4)25(43)17-26-38(31,19-51-26)54-21(2)42/h7-16,24-26,28-31,33,41,43-45,49-50H,17-19H2,1-6H3/t24-,25-,26+,28-,29+,30+,31-,33-,37+,38-,39+/m0/s1. The minimum Gasteiger partial charge on any atom is -0.456 e. The molecule has 0 spiro atoms. The van der Waals surface area contributed by atoms with Gasteiger partial charge in [0.15, 0.2) is 17.5 Å². The number of esters is 3. The van der Waals surface area contributed by atoms with Crippen LogP contribution in [0.25, 0.3) is 0 Å². The maximum Gasteiger partial charge on any atom is 0.374 e. The predicted molar refractivity (Wildman–Crippen MR) is 191 cm³/mol. The number of aliphatic hydroxyl groups is 4. The average molecular weight is 750 g/mol. The Bertz CT molecular complexity index is 1820. The Hall–Kier alpha value is -3.96. The van der Waals surface area contributed by atoms with Crippen molar-refractivity contribution in [1.29, 1.82) is 0 Å². The van der Waals surface area contributed by atoms with Crippen molar-refractivity contribution in [2.45, 2.75) is 108 Å². The molecule has 3 fully saturated rings. The van der Waals surface area contributed by atoms with Gasteiger partial charge in [0.05, 0.1) is 35.6 Å². The lowest BCUT2D eigenvalue weighted by Crippen LogP contribution is -2.81. The first-order chi connectivity index (χ1) is 25.3. The molecule has 6 N–H and O–H groups in total. The second kappa shape index (κ2) is 14.3. The molecule has 14 nitrogen and oxygen atoms in total. The molecule has 1 saturated heterocycles. The molecular weight excluding hydrogens is 701 g/mol. The van der Waals surface area contributed by atoms with Crippen LogP contribution >= 0.6 is 0 Å². The molecule has 0 amide bonds. The molecule has 0 aromatic heterocycles. The van der Waals surface area contributed by atoms with Gasteiger partial charge in [-0.2, -0.15) is 0 Å². The van der Waals surface area contributed by atoms with Gasteiger partial charge in [0, 0.05) is 25.2 Å². The Balaban J connectivity index is 1.52. The van der Waals surface area contributed by atoms with Crippen molar-refractivity contribution in [3.8, 4) is 0 Å². The Morgan fingerprint density at radius 2 is 1.61 bits per heavy atom. The van der Waals surface area contributed by atoms with Crippen LogP contribution in [0.1, 0.15) is 69.4 Å². The molecule has 3 aliphatic carbocycles. The summed E-state index contributed by atoms with van der Waals surface area (Å²) in [6, 6.07) is 15.2. The number of hydrogen-bond acceptors (Lipinski definition) is 14. The summed E-state index contributed by atoms with van der Waals surface area (Å²) in [5, 5.41) is 61.5. The Kier molecular flexibility index (Phi) is 10.5. The van der Waals surface area contributed by atoms with Crippen molar-refractivity contribution in [3.05, 3.63) is 82.9 Å². The predicted octanol–water partition coefficient (Wildman–Crippen LogP) is 1.43. The first-order valence-corrected chi connectivity index (χ1v) is 18.1. The number of fused-ring (bicyclic) bond motifs is 5. The number of aliphatic hydroxyl groups excluding tert-OH is 3. The summed E-state index contributed by atoms with van der Waals surface area (Å²) in [5.74, 6) is -5.19. The molecule has 1 heterocycles. The van der Waals surface area contributed by atoms with Crippen LogP contribution in [0.2, 0.25) is 6.82 Å². The summed E-state index contributed by atoms with van der Waals surface area (Å²) >= 11 is 0. The summed E-state index contributed by atoms with van der Waals surface area (Å²) in [6.45, 7) is 8.36. The van der Waals surface area contributed by atoms with E-state index in [9.17, 15) is 44.6 Å². The van der Waals surface area contributed by atoms with Crippen molar-refractivity contribution >= 4 is 30.7 Å². The Morgan fingerprint density at radius 1 is 1.00 bits per heavy atom. The monoisotopic (exact) mass is 749 g/mol. The highest BCUT2D eigenvalue weighted by Gasteiger charge is 2.78. The molecule has 11 atom stereocenters. The number of rotatable bonds is 9. The van der Waals surface area contributed by atoms with E-state index in [1.807, 2.05) is 0 Å². The van der Waals surface area contributed by atoms with Gasteiger partial charge in [-0.05, 0) is 49.5 Å². The lowest BCUT2D eigenvalue weighted by Gasteiger charge is -2.67. The molecule has 4 aliphatic rings. The van der Waals surface area contributed by atoms with Crippen LogP contribution in [0.5, 0.6) is 0 Å². The summed E-state index contributed by atoms with van der Waals surface area (Å²) in [4.78, 5) is 55.6. The first kappa shape index (κ1) is 39.7. The molecule has 54 heavy (non-hydrogen) atoms. The van der Waals surface area contributed by atoms with Crippen molar-refractivity contribution in [2.24, 2.45) is 16.7 Å². The quantitative estimate of drug-likeness (QED) is 0.0926. The second-order valence-corrected chi connectivity index (χ2v) is 15.8. The van der Waals surface area contributed by atoms with E-state index < -0.39 is 108 Å². The van der Waals surface area contributed by atoms with Crippen LogP contribution < -0.4 is 5.23 Å². The number of ketones is 1. The van der Waals surface area contributed by atoms with E-state index in [0.29, 0.717) is 5.56 Å². The molecule has 2 bridgehead atoms. The number of carbonyl (C=O) groups is 4. The maximum absolute atomic E-state index is 14.9. The third-order valence-electron chi connectivity index (χ3n) is 12.3. The topological polar surface area (TPSA) is 218 Å². The zero-order valence-electron chi connectivity index (χ0n) is 31.1. The van der Waals surface area contributed by atoms with E-state index in [4.69, 9.17) is 18.9 Å². The molecule has 290 valence electrons. The fourth-order valence-electron chi connectivity index (χ4n) is 9.41. The minimum absolute atomic E-state index is 0.0311. The van der Waals surface area contributed by atoms with Crippen molar-refractivity contribution in [1.82, 2.24) is 5.23 Å². The van der Waals surface area contributed by atoms with Gasteiger partial charge in [-0.1, -0.05) is 62.4 Å². The maximum atomic E-state index is 14.9. The number of nitrogens with one attached hydrogen (secondary N) is 1. The van der Waals surface area contributed by atoms with E-state index in [1.165, 1.54) is 32.8 Å². The van der Waals surface area contributed by atoms with Gasteiger partial charge in [-0.15, -0.1) is 0 Å². The highest BCUT2D eigenvalue weighted by atomic mass is 16.6. The summed E-state index contributed by atoms with van der Waals surface area (Å²) in [5.41, 5.74) is -6.87. The van der Waals surface area contributed by atoms with Gasteiger partial charge in [-0.3, -0.25) is 9.59 Å². The van der Waals surface area contributed by atoms with E-state index in [2.05, 4.69) is 5.23 Å². The molecule has 2 aromatic carbocycles. The fraction of sp³-hybridized carbons (Fsp3) is 0.538. The number of benzene rings is 2. The van der Waals surface area contributed by atoms with Gasteiger partial charge >= 0.3 is 25.0 Å². The Labute approximate surface area is 313 Å². The number of carbonyl (C=O) groups excluding carboxylic acids is 4. The van der Waals surface area contributed by atoms with Gasteiger partial charge in [0.2, 0.25) is 0 Å². The van der Waals surface area contributed by atoms with Gasteiger partial charge < -0.3 is 49.6 Å². The largest absolute Gasteiger partial charge is 0.456 e. The van der Waals surface area contributed by atoms with Crippen LogP contribution in [0.3, 0.4) is 0 Å². The van der Waals surface area contributed by atoms with Crippen LogP contribution in [0, 0.1) is 16.7 Å². The average Bonchev–Trinajstić information content (AvgIpc) is 3.12. The molecule has 2 aromatic rings. The molecule has 15 heteroatoms. The van der Waals surface area contributed by atoms with E-state index in [-0.39, 0.29) is 29.7 Å². The van der Waals surface area contributed by atoms with Crippen LogP contribution in [-0.2, 0) is 33.3 Å². The number of Topliss-reactive ketones (excluding diaryl/α,β-unsaturated/α-hetero) is 1. The van der Waals surface area contributed by atoms with Gasteiger partial charge in [0.25, 0.3) is 0 Å². The van der Waals surface area contributed by atoms with Crippen molar-refractivity contribution in [3.63, 3.8) is 0 Å². The van der Waals surface area contributed by atoms with E-state index in [0.717, 1.165) is 6.92 Å².